The third kappa shape index (κ3) is 3.60. The van der Waals surface area contributed by atoms with Gasteiger partial charge in [0.1, 0.15) is 0 Å². The number of fused-ring (bicyclic) bond motifs is 5. The molecule has 0 aromatic carbocycles. The fourth-order valence-corrected chi connectivity index (χ4v) is 9.05. The van der Waals surface area contributed by atoms with Gasteiger partial charge in [-0.05, 0) is 110 Å². The summed E-state index contributed by atoms with van der Waals surface area (Å²) in [4.78, 5) is 0. The number of allylic oxidation sites excluding steroid dienone is 4. The number of hydrogen-bond acceptors (Lipinski definition) is 1. The van der Waals surface area contributed by atoms with Crippen LogP contribution in [0.2, 0.25) is 0 Å². The summed E-state index contributed by atoms with van der Waals surface area (Å²) in [6.45, 7) is 17.5. The average molecular weight is 427 g/mol. The molecule has 3 fully saturated rings. The Kier molecular flexibility index (Phi) is 6.35. The molecule has 0 unspecified atom stereocenters. The molecule has 0 amide bonds. The van der Waals surface area contributed by atoms with Gasteiger partial charge in [0.15, 0.2) is 0 Å². The van der Waals surface area contributed by atoms with Gasteiger partial charge in [-0.3, -0.25) is 0 Å². The molecule has 0 heterocycles. The van der Waals surface area contributed by atoms with Crippen molar-refractivity contribution in [3.8, 4) is 0 Å². The first-order valence-corrected chi connectivity index (χ1v) is 13.6. The summed E-state index contributed by atoms with van der Waals surface area (Å²) < 4.78 is 0. The van der Waals surface area contributed by atoms with Crippen molar-refractivity contribution in [2.45, 2.75) is 112 Å². The Morgan fingerprint density at radius 3 is 2.45 bits per heavy atom. The molecule has 0 saturated heterocycles. The molecule has 4 rings (SSSR count). The fourth-order valence-electron chi connectivity index (χ4n) is 9.05. The lowest BCUT2D eigenvalue weighted by Crippen LogP contribution is -2.53. The van der Waals surface area contributed by atoms with Crippen LogP contribution in [0.1, 0.15) is 106 Å². The first-order valence-electron chi connectivity index (χ1n) is 13.6. The molecular weight excluding hydrogens is 376 g/mol. The lowest BCUT2D eigenvalue weighted by Gasteiger charge is -2.61. The molecule has 1 heteroatoms. The maximum Gasteiger partial charge on any atom is 0.0543 e. The second-order valence-corrected chi connectivity index (χ2v) is 13.1. The summed E-state index contributed by atoms with van der Waals surface area (Å²) in [5, 5.41) is 10.3. The molecule has 0 aromatic rings. The SMILES string of the molecule is CC[C@H](C=C[C@@H](C)[C@H]1CC[C@@]2(C)C3=CC[C@@H]4C[C@@H](O)CC[C@]4(C)[C@@H]3CC[C@]12C)C(C)C. The monoisotopic (exact) mass is 426 g/mol. The highest BCUT2D eigenvalue weighted by Crippen LogP contribution is 2.72. The van der Waals surface area contributed by atoms with Gasteiger partial charge in [-0.1, -0.05) is 72.3 Å². The van der Waals surface area contributed by atoms with Gasteiger partial charge in [-0.25, -0.2) is 0 Å². The molecule has 0 spiro atoms. The minimum absolute atomic E-state index is 0.0567. The maximum atomic E-state index is 10.3. The second-order valence-electron chi connectivity index (χ2n) is 13.1. The molecule has 31 heavy (non-hydrogen) atoms. The Balaban J connectivity index is 1.59. The Morgan fingerprint density at radius 2 is 1.77 bits per heavy atom. The largest absolute Gasteiger partial charge is 0.393 e. The summed E-state index contributed by atoms with van der Waals surface area (Å²) in [6.07, 6.45) is 19.0. The van der Waals surface area contributed by atoms with Crippen molar-refractivity contribution in [1.82, 2.24) is 0 Å². The summed E-state index contributed by atoms with van der Waals surface area (Å²) in [5.41, 5.74) is 3.05. The van der Waals surface area contributed by atoms with Crippen LogP contribution in [-0.4, -0.2) is 11.2 Å². The molecule has 4 aliphatic carbocycles. The van der Waals surface area contributed by atoms with E-state index in [-0.39, 0.29) is 6.10 Å². The zero-order valence-electron chi connectivity index (χ0n) is 21.6. The Hall–Kier alpha value is -0.560. The summed E-state index contributed by atoms with van der Waals surface area (Å²) in [7, 11) is 0. The standard InChI is InChI=1S/C30H50O/c1-8-22(20(2)3)10-9-21(4)25-14-17-30(7)27-12-11-23-19-24(31)13-16-28(23,5)26(27)15-18-29(25,30)6/h9-10,12,20-26,31H,8,11,13-19H2,1-7H3/t21-,22-,23-,24+,25-,26-,28+,29-,30+/m1/s1. The van der Waals surface area contributed by atoms with E-state index in [2.05, 4.69) is 66.7 Å². The van der Waals surface area contributed by atoms with E-state index in [0.29, 0.717) is 28.1 Å². The highest BCUT2D eigenvalue weighted by Gasteiger charge is 2.63. The van der Waals surface area contributed by atoms with Crippen LogP contribution in [0.5, 0.6) is 0 Å². The van der Waals surface area contributed by atoms with Crippen LogP contribution in [-0.2, 0) is 0 Å². The molecule has 0 bridgehead atoms. The van der Waals surface area contributed by atoms with Gasteiger partial charge in [-0.2, -0.15) is 0 Å². The van der Waals surface area contributed by atoms with Crippen molar-refractivity contribution in [1.29, 1.82) is 0 Å². The molecule has 1 N–H and O–H groups in total. The zero-order chi connectivity index (χ0) is 22.6. The summed E-state index contributed by atoms with van der Waals surface area (Å²) >= 11 is 0. The molecule has 1 nitrogen and oxygen atoms in total. The van der Waals surface area contributed by atoms with Gasteiger partial charge in [0.05, 0.1) is 6.10 Å². The van der Waals surface area contributed by atoms with Crippen LogP contribution < -0.4 is 0 Å². The predicted molar refractivity (Wildman–Crippen MR) is 133 cm³/mol. The van der Waals surface area contributed by atoms with Crippen molar-refractivity contribution in [2.24, 2.45) is 51.8 Å². The molecule has 9 atom stereocenters. The molecule has 0 aromatic heterocycles. The molecule has 3 saturated carbocycles. The lowest BCUT2D eigenvalue weighted by atomic mass is 9.43. The average Bonchev–Trinajstić information content (AvgIpc) is 3.00. The zero-order valence-corrected chi connectivity index (χ0v) is 21.6. The highest BCUT2D eigenvalue weighted by molar-refractivity contribution is 5.32. The van der Waals surface area contributed by atoms with Gasteiger partial charge >= 0.3 is 0 Å². The van der Waals surface area contributed by atoms with Gasteiger partial charge in [0, 0.05) is 0 Å². The predicted octanol–water partition coefficient (Wildman–Crippen LogP) is 8.19. The third-order valence-electron chi connectivity index (χ3n) is 11.5. The van der Waals surface area contributed by atoms with Crippen molar-refractivity contribution >= 4 is 0 Å². The maximum absolute atomic E-state index is 10.3. The van der Waals surface area contributed by atoms with E-state index < -0.39 is 0 Å². The van der Waals surface area contributed by atoms with Crippen LogP contribution in [0.3, 0.4) is 0 Å². The van der Waals surface area contributed by atoms with Crippen LogP contribution in [0.15, 0.2) is 23.8 Å². The fraction of sp³-hybridized carbons (Fsp3) is 0.867. The highest BCUT2D eigenvalue weighted by atomic mass is 16.3. The second kappa shape index (κ2) is 8.34. The smallest absolute Gasteiger partial charge is 0.0543 e. The van der Waals surface area contributed by atoms with Crippen LogP contribution >= 0.6 is 0 Å². The number of aliphatic hydroxyl groups is 1. The van der Waals surface area contributed by atoms with E-state index in [1.165, 1.54) is 44.9 Å². The van der Waals surface area contributed by atoms with E-state index in [4.69, 9.17) is 0 Å². The van der Waals surface area contributed by atoms with Gasteiger partial charge in [-0.15, -0.1) is 0 Å². The first kappa shape index (κ1) is 23.6. The number of rotatable bonds is 5. The van der Waals surface area contributed by atoms with E-state index in [0.717, 1.165) is 36.5 Å². The topological polar surface area (TPSA) is 20.2 Å². The van der Waals surface area contributed by atoms with E-state index in [1.807, 2.05) is 5.57 Å². The minimum Gasteiger partial charge on any atom is -0.393 e. The summed E-state index contributed by atoms with van der Waals surface area (Å²) in [5.74, 6) is 4.39. The molecule has 0 radical (unpaired) electrons. The van der Waals surface area contributed by atoms with Crippen LogP contribution in [0, 0.1) is 51.8 Å². The van der Waals surface area contributed by atoms with Gasteiger partial charge in [0.25, 0.3) is 0 Å². The minimum atomic E-state index is -0.0567. The Labute approximate surface area is 193 Å². The van der Waals surface area contributed by atoms with E-state index >= 15 is 0 Å². The molecular formula is C30H50O. The lowest BCUT2D eigenvalue weighted by molar-refractivity contribution is -0.0608. The molecule has 176 valence electrons. The quantitative estimate of drug-likeness (QED) is 0.439. The van der Waals surface area contributed by atoms with Gasteiger partial charge < -0.3 is 5.11 Å². The van der Waals surface area contributed by atoms with Crippen LogP contribution in [0.4, 0.5) is 0 Å². The third-order valence-corrected chi connectivity index (χ3v) is 11.5. The molecule has 0 aliphatic heterocycles. The van der Waals surface area contributed by atoms with Crippen molar-refractivity contribution in [3.63, 3.8) is 0 Å². The van der Waals surface area contributed by atoms with Crippen molar-refractivity contribution in [2.75, 3.05) is 0 Å². The normalized spacial score (nSPS) is 46.9. The Bertz CT molecular complexity index is 718. The van der Waals surface area contributed by atoms with Crippen molar-refractivity contribution < 1.29 is 5.11 Å². The summed E-state index contributed by atoms with van der Waals surface area (Å²) in [6, 6.07) is 0. The Morgan fingerprint density at radius 1 is 1.03 bits per heavy atom. The van der Waals surface area contributed by atoms with E-state index in [9.17, 15) is 5.11 Å². The molecule has 4 aliphatic rings. The van der Waals surface area contributed by atoms with Crippen molar-refractivity contribution in [3.05, 3.63) is 23.8 Å². The van der Waals surface area contributed by atoms with Gasteiger partial charge in [0.2, 0.25) is 0 Å². The first-order chi connectivity index (χ1) is 14.6. The number of hydrogen-bond donors (Lipinski definition) is 1. The number of aliphatic hydroxyl groups excluding tert-OH is 1. The van der Waals surface area contributed by atoms with Crippen LogP contribution in [0.25, 0.3) is 0 Å². The van der Waals surface area contributed by atoms with E-state index in [1.54, 1.807) is 0 Å².